The minimum atomic E-state index is -4.65. The predicted octanol–water partition coefficient (Wildman–Crippen LogP) is 2.36. The Morgan fingerprint density at radius 1 is 1.30 bits per heavy atom. The molecule has 2 atom stereocenters. The maximum absolute atomic E-state index is 15.0. The quantitative estimate of drug-likeness (QED) is 0.667. The lowest BCUT2D eigenvalue weighted by Gasteiger charge is -2.38. The van der Waals surface area contributed by atoms with Gasteiger partial charge in [0.25, 0.3) is 5.56 Å². The molecule has 0 saturated carbocycles. The number of alkyl halides is 3. The molecule has 33 heavy (non-hydrogen) atoms. The second-order valence-corrected chi connectivity index (χ2v) is 8.89. The van der Waals surface area contributed by atoms with Crippen molar-refractivity contribution in [1.29, 1.82) is 0 Å². The number of carbonyl (C=O) groups is 1. The second kappa shape index (κ2) is 7.54. The fraction of sp³-hybridized carbons (Fsp3) is 0.500. The Morgan fingerprint density at radius 3 is 2.85 bits per heavy atom. The van der Waals surface area contributed by atoms with Gasteiger partial charge in [-0.1, -0.05) is 0 Å². The van der Waals surface area contributed by atoms with Gasteiger partial charge in [-0.15, -0.1) is 0 Å². The molecule has 2 N–H and O–H groups in total. The fourth-order valence-electron chi connectivity index (χ4n) is 5.36. The van der Waals surface area contributed by atoms with Crippen molar-refractivity contribution in [2.45, 2.75) is 43.3 Å². The van der Waals surface area contributed by atoms with E-state index in [0.29, 0.717) is 22.7 Å². The largest absolute Gasteiger partial charge is 0.406 e. The zero-order valence-electron chi connectivity index (χ0n) is 17.9. The van der Waals surface area contributed by atoms with Gasteiger partial charge in [-0.2, -0.15) is 13.2 Å². The number of hydrogen-bond donors (Lipinski definition) is 2. The Kier molecular flexibility index (Phi) is 5.00. The van der Waals surface area contributed by atoms with Gasteiger partial charge in [0.1, 0.15) is 24.0 Å². The van der Waals surface area contributed by atoms with Crippen LogP contribution in [0.25, 0.3) is 0 Å². The summed E-state index contributed by atoms with van der Waals surface area (Å²) in [6.45, 7) is -0.524. The van der Waals surface area contributed by atoms with Crippen molar-refractivity contribution in [1.82, 2.24) is 15.3 Å². The molecule has 3 aliphatic heterocycles. The first-order valence-corrected chi connectivity index (χ1v) is 10.8. The lowest BCUT2D eigenvalue weighted by atomic mass is 9.71. The molecule has 1 fully saturated rings. The normalized spacial score (nSPS) is 24.9. The molecule has 175 valence electrons. The first-order chi connectivity index (χ1) is 15.6. The first kappa shape index (κ1) is 21.9. The van der Waals surface area contributed by atoms with Crippen LogP contribution in [0, 0.1) is 11.9 Å². The average molecular weight is 464 g/mol. The molecule has 3 aliphatic rings. The van der Waals surface area contributed by atoms with E-state index in [1.807, 2.05) is 11.9 Å². The Hall–Kier alpha value is -2.95. The van der Waals surface area contributed by atoms with Gasteiger partial charge >= 0.3 is 6.18 Å². The number of hydrogen-bond acceptors (Lipinski definition) is 5. The zero-order valence-corrected chi connectivity index (χ0v) is 17.9. The summed E-state index contributed by atoms with van der Waals surface area (Å²) in [6.07, 6.45) is -3.12. The molecule has 2 unspecified atom stereocenters. The number of fused-ring (bicyclic) bond motifs is 3. The van der Waals surface area contributed by atoms with E-state index in [0.717, 1.165) is 19.0 Å². The highest BCUT2D eigenvalue weighted by atomic mass is 19.4. The summed E-state index contributed by atoms with van der Waals surface area (Å²) < 4.78 is 54.7. The molecule has 11 heteroatoms. The van der Waals surface area contributed by atoms with Crippen LogP contribution in [-0.4, -0.2) is 48.7 Å². The van der Waals surface area contributed by atoms with Crippen molar-refractivity contribution in [3.05, 3.63) is 51.3 Å². The smallest absolute Gasteiger partial charge is 0.359 e. The van der Waals surface area contributed by atoms with Gasteiger partial charge in [0.15, 0.2) is 0 Å². The Bertz CT molecular complexity index is 1180. The molecule has 1 amide bonds. The van der Waals surface area contributed by atoms with Gasteiger partial charge in [-0.3, -0.25) is 9.59 Å². The number of carbonyl (C=O) groups excluding carboxylic acids is 1. The van der Waals surface area contributed by atoms with E-state index < -0.39 is 35.9 Å². The van der Waals surface area contributed by atoms with Crippen LogP contribution in [0.2, 0.25) is 0 Å². The number of anilines is 2. The minimum Gasteiger partial charge on any atom is -0.359 e. The Labute approximate surface area is 186 Å². The van der Waals surface area contributed by atoms with E-state index in [9.17, 15) is 27.2 Å². The number of halogens is 4. The van der Waals surface area contributed by atoms with Crippen LogP contribution in [0.1, 0.15) is 42.3 Å². The third-order valence-electron chi connectivity index (χ3n) is 6.81. The standard InChI is InChI=1S/C22H22F4N5O2/c1-30-9-3-4-12-18(30)28-17(29-19(12)32)14-10-21(7-8-27-14)16-13(23)5-2-6-15(16)31(20(21)33)11-22(24,25)26/h5-6,14,27H,3-4,7-11H2,1H3,(H,28,29,32). The molecule has 1 spiro atoms. The van der Waals surface area contributed by atoms with Crippen LogP contribution in [0.4, 0.5) is 29.1 Å². The van der Waals surface area contributed by atoms with Crippen molar-refractivity contribution in [3.8, 4) is 0 Å². The van der Waals surface area contributed by atoms with Crippen molar-refractivity contribution in [2.75, 3.05) is 36.5 Å². The van der Waals surface area contributed by atoms with Crippen LogP contribution in [-0.2, 0) is 16.6 Å². The molecule has 1 saturated heterocycles. The second-order valence-electron chi connectivity index (χ2n) is 8.89. The summed E-state index contributed by atoms with van der Waals surface area (Å²) in [6, 6.07) is 4.11. The van der Waals surface area contributed by atoms with E-state index in [4.69, 9.17) is 0 Å². The molecule has 1 radical (unpaired) electrons. The lowest BCUT2D eigenvalue weighted by molar-refractivity contribution is -0.135. The van der Waals surface area contributed by atoms with Crippen LogP contribution in [0.5, 0.6) is 0 Å². The van der Waals surface area contributed by atoms with Crippen molar-refractivity contribution in [3.63, 3.8) is 0 Å². The van der Waals surface area contributed by atoms with Gasteiger partial charge in [-0.25, -0.2) is 9.37 Å². The van der Waals surface area contributed by atoms with Gasteiger partial charge in [0.2, 0.25) is 5.91 Å². The van der Waals surface area contributed by atoms with Gasteiger partial charge in [-0.05, 0) is 50.4 Å². The summed E-state index contributed by atoms with van der Waals surface area (Å²) >= 11 is 0. The van der Waals surface area contributed by atoms with Gasteiger partial charge < -0.3 is 20.1 Å². The van der Waals surface area contributed by atoms with Crippen LogP contribution < -0.4 is 20.7 Å². The summed E-state index contributed by atoms with van der Waals surface area (Å²) in [5.41, 5.74) is -1.33. The number of nitrogens with zero attached hydrogens (tertiary/aromatic N) is 3. The number of H-pyrrole nitrogens is 1. The van der Waals surface area contributed by atoms with Crippen LogP contribution in [0.3, 0.4) is 0 Å². The first-order valence-electron chi connectivity index (χ1n) is 10.8. The average Bonchev–Trinajstić information content (AvgIpc) is 2.97. The fourth-order valence-corrected chi connectivity index (χ4v) is 5.36. The maximum atomic E-state index is 15.0. The molecule has 4 heterocycles. The van der Waals surface area contributed by atoms with Crippen molar-refractivity contribution >= 4 is 17.4 Å². The molecule has 5 rings (SSSR count). The van der Waals surface area contributed by atoms with Gasteiger partial charge in [0, 0.05) is 19.2 Å². The number of rotatable bonds is 2. The predicted molar refractivity (Wildman–Crippen MR) is 112 cm³/mol. The monoisotopic (exact) mass is 464 g/mol. The number of amides is 1. The summed E-state index contributed by atoms with van der Waals surface area (Å²) in [4.78, 5) is 36.0. The van der Waals surface area contributed by atoms with Crippen molar-refractivity contribution < 1.29 is 22.4 Å². The highest BCUT2D eigenvalue weighted by Gasteiger charge is 2.56. The minimum absolute atomic E-state index is 0.0282. The summed E-state index contributed by atoms with van der Waals surface area (Å²) in [5.74, 6) is -0.716. The molecule has 2 aromatic rings. The third kappa shape index (κ3) is 3.49. The van der Waals surface area contributed by atoms with E-state index >= 15 is 0 Å². The van der Waals surface area contributed by atoms with E-state index in [-0.39, 0.29) is 42.0 Å². The maximum Gasteiger partial charge on any atom is 0.406 e. The molecule has 1 aromatic carbocycles. The highest BCUT2D eigenvalue weighted by molar-refractivity contribution is 6.08. The molecule has 0 aliphatic carbocycles. The van der Waals surface area contributed by atoms with E-state index in [1.165, 1.54) is 6.07 Å². The summed E-state index contributed by atoms with van der Waals surface area (Å²) in [5, 5.41) is 3.19. The number of nitrogens with one attached hydrogen (secondary N) is 2. The number of aromatic nitrogens is 2. The molecular weight excluding hydrogens is 442 g/mol. The number of piperidine rings is 1. The zero-order chi connectivity index (χ0) is 23.5. The van der Waals surface area contributed by atoms with E-state index in [2.05, 4.69) is 21.4 Å². The Morgan fingerprint density at radius 2 is 2.09 bits per heavy atom. The Balaban J connectivity index is 1.57. The van der Waals surface area contributed by atoms with Crippen molar-refractivity contribution in [2.24, 2.45) is 0 Å². The lowest BCUT2D eigenvalue weighted by Crippen LogP contribution is -2.50. The SMILES string of the molecule is CN1CCCc2c1nc(C1CC3(CCN1)C(=O)N(CC(F)(F)F)c1c[c]cc(F)c13)[nH]c2=O. The van der Waals surface area contributed by atoms with Gasteiger partial charge in [0.05, 0.1) is 22.7 Å². The van der Waals surface area contributed by atoms with E-state index in [1.54, 1.807) is 0 Å². The molecular formula is C22H22F4N5O2. The number of aromatic amines is 1. The molecule has 7 nitrogen and oxygen atoms in total. The highest BCUT2D eigenvalue weighted by Crippen LogP contribution is 2.51. The summed E-state index contributed by atoms with van der Waals surface area (Å²) in [7, 11) is 1.83. The molecule has 0 bridgehead atoms. The number of benzene rings is 1. The van der Waals surface area contributed by atoms with Crippen LogP contribution >= 0.6 is 0 Å². The molecule has 1 aromatic heterocycles. The van der Waals surface area contributed by atoms with Crippen LogP contribution in [0.15, 0.2) is 16.9 Å². The topological polar surface area (TPSA) is 81.3 Å². The third-order valence-corrected chi connectivity index (χ3v) is 6.81.